The predicted molar refractivity (Wildman–Crippen MR) is 134 cm³/mol. The van der Waals surface area contributed by atoms with Crippen LogP contribution in [0.3, 0.4) is 0 Å². The molecule has 1 fully saturated rings. The summed E-state index contributed by atoms with van der Waals surface area (Å²) in [6, 6.07) is 8.58. The fourth-order valence-corrected chi connectivity index (χ4v) is 6.20. The lowest BCUT2D eigenvalue weighted by atomic mass is 9.63. The van der Waals surface area contributed by atoms with Gasteiger partial charge in [-0.25, -0.2) is 0 Å². The molecule has 1 unspecified atom stereocenters. The highest BCUT2D eigenvalue weighted by atomic mass is 32.1. The van der Waals surface area contributed by atoms with Crippen LogP contribution in [0, 0.1) is 0 Å². The summed E-state index contributed by atoms with van der Waals surface area (Å²) < 4.78 is 5.83. The minimum absolute atomic E-state index is 0.0401. The highest BCUT2D eigenvalue weighted by molar-refractivity contribution is 7.17. The van der Waals surface area contributed by atoms with E-state index in [1.165, 1.54) is 22.5 Å². The lowest BCUT2D eigenvalue weighted by Crippen LogP contribution is -2.38. The number of ether oxygens (including phenoxy) is 1. The van der Waals surface area contributed by atoms with Crippen molar-refractivity contribution < 1.29 is 14.3 Å². The molecule has 1 saturated heterocycles. The van der Waals surface area contributed by atoms with Crippen LogP contribution < -0.4 is 4.74 Å². The third kappa shape index (κ3) is 4.30. The Balaban J connectivity index is 1.64. The number of amides is 2. The Morgan fingerprint density at radius 2 is 1.73 bits per heavy atom. The van der Waals surface area contributed by atoms with Crippen LogP contribution in [-0.4, -0.2) is 54.9 Å². The number of rotatable bonds is 4. The van der Waals surface area contributed by atoms with Gasteiger partial charge in [0.15, 0.2) is 0 Å². The number of benzene rings is 1. The first kappa shape index (κ1) is 23.8. The molecule has 2 aliphatic rings. The van der Waals surface area contributed by atoms with Crippen LogP contribution in [0.25, 0.3) is 10.4 Å². The summed E-state index contributed by atoms with van der Waals surface area (Å²) in [7, 11) is 3.54. The van der Waals surface area contributed by atoms with Crippen molar-refractivity contribution >= 4 is 23.2 Å². The minimum Gasteiger partial charge on any atom is -0.496 e. The molecule has 6 heteroatoms. The van der Waals surface area contributed by atoms with Gasteiger partial charge in [-0.15, -0.1) is 11.3 Å². The van der Waals surface area contributed by atoms with Gasteiger partial charge in [-0.3, -0.25) is 9.59 Å². The molecule has 1 aliphatic carbocycles. The first-order valence-electron chi connectivity index (χ1n) is 11.8. The lowest BCUT2D eigenvalue weighted by molar-refractivity contribution is -0.129. The number of carbonyl (C=O) groups excluding carboxylic acids is 2. The normalized spacial score (nSPS) is 20.9. The Labute approximate surface area is 201 Å². The smallest absolute Gasteiger partial charge is 0.264 e. The average molecular weight is 469 g/mol. The molecule has 0 saturated carbocycles. The van der Waals surface area contributed by atoms with Crippen molar-refractivity contribution in [1.82, 2.24) is 9.80 Å². The van der Waals surface area contributed by atoms with Crippen molar-refractivity contribution in [3.8, 4) is 16.2 Å². The van der Waals surface area contributed by atoms with Gasteiger partial charge in [-0.05, 0) is 65.5 Å². The molecule has 1 atom stereocenters. The third-order valence-corrected chi connectivity index (χ3v) is 8.86. The van der Waals surface area contributed by atoms with Gasteiger partial charge in [-0.2, -0.15) is 0 Å². The molecule has 0 bridgehead atoms. The van der Waals surface area contributed by atoms with E-state index in [1.807, 2.05) is 24.1 Å². The highest BCUT2D eigenvalue weighted by Gasteiger charge is 2.38. The van der Waals surface area contributed by atoms with Crippen molar-refractivity contribution in [3.05, 3.63) is 40.3 Å². The fourth-order valence-electron chi connectivity index (χ4n) is 5.21. The van der Waals surface area contributed by atoms with Crippen molar-refractivity contribution in [2.75, 3.05) is 27.2 Å². The number of nitrogens with zero attached hydrogens (tertiary/aromatic N) is 2. The Bertz CT molecular complexity index is 1090. The molecule has 0 radical (unpaired) electrons. The number of thiophene rings is 1. The van der Waals surface area contributed by atoms with Crippen molar-refractivity contribution in [3.63, 3.8) is 0 Å². The SMILES string of the molecule is COc1cc2c(cc1-c1ccc(C(=O)N3CCC(N(C)C(C)=O)C3)s1)C(C)(C)CCC2(C)C. The molecule has 2 aromatic rings. The average Bonchev–Trinajstić information content (AvgIpc) is 3.45. The Morgan fingerprint density at radius 1 is 1.09 bits per heavy atom. The zero-order valence-corrected chi connectivity index (χ0v) is 21.8. The quantitative estimate of drug-likeness (QED) is 0.598. The number of hydrogen-bond acceptors (Lipinski definition) is 4. The summed E-state index contributed by atoms with van der Waals surface area (Å²) in [6.45, 7) is 12.1. The molecule has 5 nitrogen and oxygen atoms in total. The maximum absolute atomic E-state index is 13.2. The van der Waals surface area contributed by atoms with E-state index in [2.05, 4.69) is 39.8 Å². The summed E-state index contributed by atoms with van der Waals surface area (Å²) >= 11 is 1.53. The van der Waals surface area contributed by atoms with Crippen LogP contribution in [0.4, 0.5) is 0 Å². The summed E-state index contributed by atoms with van der Waals surface area (Å²) in [5.41, 5.74) is 4.03. The minimum atomic E-state index is 0.0401. The largest absolute Gasteiger partial charge is 0.496 e. The maximum Gasteiger partial charge on any atom is 0.264 e. The zero-order chi connectivity index (χ0) is 24.1. The summed E-state index contributed by atoms with van der Waals surface area (Å²) in [6.07, 6.45) is 3.13. The van der Waals surface area contributed by atoms with E-state index in [4.69, 9.17) is 4.74 Å². The summed E-state index contributed by atoms with van der Waals surface area (Å²) in [5.74, 6) is 0.951. The topological polar surface area (TPSA) is 49.9 Å². The lowest BCUT2D eigenvalue weighted by Gasteiger charge is -2.42. The van der Waals surface area contributed by atoms with Gasteiger partial charge in [0.1, 0.15) is 5.75 Å². The molecule has 0 spiro atoms. The van der Waals surface area contributed by atoms with Crippen molar-refractivity contribution in [2.24, 2.45) is 0 Å². The molecule has 1 aromatic heterocycles. The molecule has 1 aromatic carbocycles. The molecular formula is C27H36N2O3S. The third-order valence-electron chi connectivity index (χ3n) is 7.75. The number of fused-ring (bicyclic) bond motifs is 1. The van der Waals surface area contributed by atoms with Crippen LogP contribution >= 0.6 is 11.3 Å². The summed E-state index contributed by atoms with van der Waals surface area (Å²) in [5, 5.41) is 0. The predicted octanol–water partition coefficient (Wildman–Crippen LogP) is 5.47. The van der Waals surface area contributed by atoms with Crippen LogP contribution in [0.2, 0.25) is 0 Å². The van der Waals surface area contributed by atoms with Crippen LogP contribution in [0.15, 0.2) is 24.3 Å². The van der Waals surface area contributed by atoms with E-state index in [9.17, 15) is 9.59 Å². The second-order valence-electron chi connectivity index (χ2n) is 10.9. The maximum atomic E-state index is 13.2. The van der Waals surface area contributed by atoms with Crippen molar-refractivity contribution in [1.29, 1.82) is 0 Å². The second-order valence-corrected chi connectivity index (χ2v) is 11.9. The molecule has 33 heavy (non-hydrogen) atoms. The molecule has 178 valence electrons. The van der Waals surface area contributed by atoms with Crippen LogP contribution in [-0.2, 0) is 15.6 Å². The molecule has 1 aliphatic heterocycles. The summed E-state index contributed by atoms with van der Waals surface area (Å²) in [4.78, 5) is 30.3. The van der Waals surface area contributed by atoms with Crippen molar-refractivity contribution in [2.45, 2.75) is 70.8 Å². The fraction of sp³-hybridized carbons (Fsp3) is 0.556. The van der Waals surface area contributed by atoms with Crippen LogP contribution in [0.1, 0.15) is 74.7 Å². The Kier molecular flexibility index (Phi) is 6.10. The van der Waals surface area contributed by atoms with E-state index < -0.39 is 0 Å². The first-order valence-corrected chi connectivity index (χ1v) is 12.6. The molecule has 2 heterocycles. The van der Waals surface area contributed by atoms with Gasteiger partial charge in [0, 0.05) is 37.5 Å². The number of methoxy groups -OCH3 is 1. The zero-order valence-electron chi connectivity index (χ0n) is 20.9. The van der Waals surface area contributed by atoms with Crippen LogP contribution in [0.5, 0.6) is 5.75 Å². The highest BCUT2D eigenvalue weighted by Crippen LogP contribution is 2.49. The molecular weight excluding hydrogens is 432 g/mol. The first-order chi connectivity index (χ1) is 15.4. The van der Waals surface area contributed by atoms with E-state index >= 15 is 0 Å². The van der Waals surface area contributed by atoms with Gasteiger partial charge in [0.2, 0.25) is 5.91 Å². The monoisotopic (exact) mass is 468 g/mol. The van der Waals surface area contributed by atoms with Gasteiger partial charge in [-0.1, -0.05) is 27.7 Å². The van der Waals surface area contributed by atoms with E-state index in [1.54, 1.807) is 18.9 Å². The van der Waals surface area contributed by atoms with Gasteiger partial charge >= 0.3 is 0 Å². The Morgan fingerprint density at radius 3 is 2.33 bits per heavy atom. The van der Waals surface area contributed by atoms with Gasteiger partial charge < -0.3 is 14.5 Å². The number of likely N-dealkylation sites (N-methyl/N-ethyl adjacent to an activating group) is 1. The van der Waals surface area contributed by atoms with Gasteiger partial charge in [0.25, 0.3) is 5.91 Å². The number of likely N-dealkylation sites (tertiary alicyclic amines) is 1. The second kappa shape index (κ2) is 8.46. The van der Waals surface area contributed by atoms with E-state index in [-0.39, 0.29) is 28.7 Å². The Hall–Kier alpha value is -2.34. The van der Waals surface area contributed by atoms with E-state index in [0.717, 1.165) is 40.3 Å². The standard InChI is InChI=1S/C27H36N2O3S/c1-17(30)28(6)18-10-13-29(16-18)25(31)24-9-8-23(33-24)19-14-20-21(15-22(19)32-7)27(4,5)12-11-26(20,2)3/h8-9,14-15,18H,10-13,16H2,1-7H3. The van der Waals surface area contributed by atoms with Gasteiger partial charge in [0.05, 0.1) is 18.0 Å². The molecule has 4 rings (SSSR count). The number of carbonyl (C=O) groups is 2. The molecule has 2 amide bonds. The molecule has 0 N–H and O–H groups in total. The van der Waals surface area contributed by atoms with E-state index in [0.29, 0.717) is 13.1 Å². The number of hydrogen-bond donors (Lipinski definition) is 0.